The van der Waals surface area contributed by atoms with Gasteiger partial charge in [0.05, 0.1) is 11.7 Å². The third-order valence-corrected chi connectivity index (χ3v) is 3.97. The summed E-state index contributed by atoms with van der Waals surface area (Å²) in [5.74, 6) is -1.34. The van der Waals surface area contributed by atoms with Gasteiger partial charge in [-0.1, -0.05) is 20.8 Å². The Bertz CT molecular complexity index is 557. The molecule has 0 aromatic heterocycles. The third kappa shape index (κ3) is 3.65. The molecule has 0 heterocycles. The molecule has 1 saturated carbocycles. The molecule has 1 aromatic carbocycles. The fourth-order valence-corrected chi connectivity index (χ4v) is 3.37. The minimum absolute atomic E-state index is 0.0310. The maximum Gasteiger partial charge on any atom is 0.337 e. The van der Waals surface area contributed by atoms with Crippen LogP contribution in [0.25, 0.3) is 0 Å². The number of carbonyl (C=O) groups is 1. The Balaban J connectivity index is 2.23. The zero-order valence-corrected chi connectivity index (χ0v) is 12.6. The Kier molecular flexibility index (Phi) is 4.12. The molecule has 21 heavy (non-hydrogen) atoms. The summed E-state index contributed by atoms with van der Waals surface area (Å²) in [6, 6.07) is 2.19. The van der Waals surface area contributed by atoms with Crippen molar-refractivity contribution in [2.24, 2.45) is 11.3 Å². The number of ether oxygens (including phenoxy) is 1. The van der Waals surface area contributed by atoms with Gasteiger partial charge >= 0.3 is 5.97 Å². The van der Waals surface area contributed by atoms with Crippen molar-refractivity contribution in [3.8, 4) is 5.75 Å². The molecule has 0 aliphatic heterocycles. The van der Waals surface area contributed by atoms with E-state index >= 15 is 0 Å². The van der Waals surface area contributed by atoms with Gasteiger partial charge in [0.25, 0.3) is 0 Å². The number of benzene rings is 1. The molecule has 4 nitrogen and oxygen atoms in total. The lowest BCUT2D eigenvalue weighted by Gasteiger charge is -2.38. The van der Waals surface area contributed by atoms with Gasteiger partial charge in [-0.25, -0.2) is 9.18 Å². The van der Waals surface area contributed by atoms with E-state index in [1.54, 1.807) is 0 Å². The highest BCUT2D eigenvalue weighted by atomic mass is 19.1. The fraction of sp³-hybridized carbons (Fsp3) is 0.562. The predicted molar refractivity (Wildman–Crippen MR) is 79.0 cm³/mol. The first-order chi connectivity index (χ1) is 9.68. The van der Waals surface area contributed by atoms with Crippen molar-refractivity contribution < 1.29 is 19.0 Å². The van der Waals surface area contributed by atoms with Crippen LogP contribution in [-0.2, 0) is 0 Å². The molecule has 5 heteroatoms. The first-order valence-electron chi connectivity index (χ1n) is 7.17. The van der Waals surface area contributed by atoms with Crippen LogP contribution in [0.2, 0.25) is 0 Å². The SMILES string of the molecule is CC1CC(Oc2cc(C(=O)O)c(N)cc2F)CC(C)(C)C1. The van der Waals surface area contributed by atoms with Crippen LogP contribution >= 0.6 is 0 Å². The van der Waals surface area contributed by atoms with Crippen LogP contribution in [0.1, 0.15) is 50.4 Å². The van der Waals surface area contributed by atoms with Crippen molar-refractivity contribution in [1.82, 2.24) is 0 Å². The first-order valence-corrected chi connectivity index (χ1v) is 7.17. The lowest BCUT2D eigenvalue weighted by Crippen LogP contribution is -2.34. The molecule has 116 valence electrons. The number of nitrogen functional groups attached to an aromatic ring is 1. The highest BCUT2D eigenvalue weighted by Crippen LogP contribution is 2.40. The van der Waals surface area contributed by atoms with Gasteiger partial charge < -0.3 is 15.6 Å². The van der Waals surface area contributed by atoms with Crippen molar-refractivity contribution in [3.05, 3.63) is 23.5 Å². The van der Waals surface area contributed by atoms with E-state index in [4.69, 9.17) is 15.6 Å². The van der Waals surface area contributed by atoms with Gasteiger partial charge in [0, 0.05) is 11.8 Å². The summed E-state index contributed by atoms with van der Waals surface area (Å²) in [5.41, 5.74) is 5.43. The summed E-state index contributed by atoms with van der Waals surface area (Å²) in [6.45, 7) is 6.49. The first kappa shape index (κ1) is 15.6. The molecule has 2 atom stereocenters. The number of nitrogens with two attached hydrogens (primary N) is 1. The van der Waals surface area contributed by atoms with E-state index in [0.717, 1.165) is 25.3 Å². The summed E-state index contributed by atoms with van der Waals surface area (Å²) in [7, 11) is 0. The van der Waals surface area contributed by atoms with Gasteiger partial charge in [0.2, 0.25) is 0 Å². The van der Waals surface area contributed by atoms with Gasteiger partial charge in [-0.15, -0.1) is 0 Å². The van der Waals surface area contributed by atoms with E-state index in [0.29, 0.717) is 5.92 Å². The Morgan fingerprint density at radius 2 is 2.10 bits per heavy atom. The third-order valence-electron chi connectivity index (χ3n) is 3.97. The number of carboxylic acid groups (broad SMARTS) is 1. The second kappa shape index (κ2) is 5.54. The summed E-state index contributed by atoms with van der Waals surface area (Å²) in [4.78, 5) is 11.1. The van der Waals surface area contributed by atoms with Gasteiger partial charge in [-0.2, -0.15) is 0 Å². The van der Waals surface area contributed by atoms with Crippen molar-refractivity contribution >= 4 is 11.7 Å². The Morgan fingerprint density at radius 1 is 1.43 bits per heavy atom. The van der Waals surface area contributed by atoms with Crippen LogP contribution in [0, 0.1) is 17.2 Å². The summed E-state index contributed by atoms with van der Waals surface area (Å²) in [6.07, 6.45) is 2.67. The molecule has 0 saturated heterocycles. The number of anilines is 1. The van der Waals surface area contributed by atoms with Crippen LogP contribution in [-0.4, -0.2) is 17.2 Å². The zero-order valence-electron chi connectivity index (χ0n) is 12.6. The lowest BCUT2D eigenvalue weighted by atomic mass is 9.71. The van der Waals surface area contributed by atoms with E-state index < -0.39 is 11.8 Å². The largest absolute Gasteiger partial charge is 0.487 e. The maximum absolute atomic E-state index is 13.9. The monoisotopic (exact) mass is 295 g/mol. The van der Waals surface area contributed by atoms with Crippen LogP contribution in [0.3, 0.4) is 0 Å². The zero-order chi connectivity index (χ0) is 15.8. The maximum atomic E-state index is 13.9. The van der Waals surface area contributed by atoms with Crippen LogP contribution in [0.4, 0.5) is 10.1 Å². The summed E-state index contributed by atoms with van der Waals surface area (Å²) < 4.78 is 19.7. The van der Waals surface area contributed by atoms with Gasteiger partial charge in [-0.05, 0) is 36.7 Å². The Labute approximate surface area is 124 Å². The Hall–Kier alpha value is -1.78. The fourth-order valence-electron chi connectivity index (χ4n) is 3.37. The number of rotatable bonds is 3. The van der Waals surface area contributed by atoms with Crippen molar-refractivity contribution in [2.75, 3.05) is 5.73 Å². The summed E-state index contributed by atoms with van der Waals surface area (Å²) in [5, 5.41) is 9.05. The number of carboxylic acids is 1. The minimum Gasteiger partial charge on any atom is -0.487 e. The topological polar surface area (TPSA) is 72.5 Å². The highest BCUT2D eigenvalue weighted by molar-refractivity contribution is 5.94. The molecule has 0 amide bonds. The van der Waals surface area contributed by atoms with Crippen LogP contribution in [0.5, 0.6) is 5.75 Å². The molecule has 3 N–H and O–H groups in total. The molecular weight excluding hydrogens is 273 g/mol. The molecule has 0 bridgehead atoms. The second-order valence-electron chi connectivity index (χ2n) is 6.83. The van der Waals surface area contributed by atoms with Crippen molar-refractivity contribution in [3.63, 3.8) is 0 Å². The Morgan fingerprint density at radius 3 is 2.67 bits per heavy atom. The molecule has 0 radical (unpaired) electrons. The number of halogens is 1. The summed E-state index contributed by atoms with van der Waals surface area (Å²) >= 11 is 0. The van der Waals surface area contributed by atoms with Crippen LogP contribution in [0.15, 0.2) is 12.1 Å². The molecule has 1 fully saturated rings. The molecular formula is C16H22FNO3. The minimum atomic E-state index is -1.19. The molecule has 1 aromatic rings. The van der Waals surface area contributed by atoms with Gasteiger partial charge in [0.15, 0.2) is 11.6 Å². The molecule has 1 aliphatic rings. The second-order valence-corrected chi connectivity index (χ2v) is 6.83. The highest BCUT2D eigenvalue weighted by Gasteiger charge is 2.33. The van der Waals surface area contributed by atoms with Crippen molar-refractivity contribution in [2.45, 2.75) is 46.1 Å². The average Bonchev–Trinajstić information content (AvgIpc) is 2.29. The standard InChI is InChI=1S/C16H22FNO3/c1-9-4-10(8-16(2,3)7-9)21-14-5-11(15(19)20)13(18)6-12(14)17/h5-6,9-10H,4,7-8,18H2,1-3H3,(H,19,20). The van der Waals surface area contributed by atoms with Crippen molar-refractivity contribution in [1.29, 1.82) is 0 Å². The van der Waals surface area contributed by atoms with Gasteiger partial charge in [0.1, 0.15) is 0 Å². The molecule has 1 aliphatic carbocycles. The normalized spacial score (nSPS) is 24.6. The van der Waals surface area contributed by atoms with E-state index in [-0.39, 0.29) is 28.5 Å². The van der Waals surface area contributed by atoms with Crippen LogP contribution < -0.4 is 10.5 Å². The van der Waals surface area contributed by atoms with Gasteiger partial charge in [-0.3, -0.25) is 0 Å². The molecule has 2 unspecified atom stereocenters. The van der Waals surface area contributed by atoms with E-state index in [1.807, 2.05) is 0 Å². The quantitative estimate of drug-likeness (QED) is 0.834. The lowest BCUT2D eigenvalue weighted by molar-refractivity contribution is 0.0531. The number of aromatic carboxylic acids is 1. The number of hydrogen-bond acceptors (Lipinski definition) is 3. The predicted octanol–water partition coefficient (Wildman–Crippen LogP) is 3.70. The number of hydrogen-bond donors (Lipinski definition) is 2. The molecule has 2 rings (SSSR count). The molecule has 0 spiro atoms. The van der Waals surface area contributed by atoms with E-state index in [1.165, 1.54) is 6.07 Å². The smallest absolute Gasteiger partial charge is 0.337 e. The average molecular weight is 295 g/mol. The van der Waals surface area contributed by atoms with E-state index in [9.17, 15) is 9.18 Å². The van der Waals surface area contributed by atoms with E-state index in [2.05, 4.69) is 20.8 Å².